The van der Waals surface area contributed by atoms with Gasteiger partial charge in [-0.1, -0.05) is 32.8 Å². The molecule has 0 unspecified atom stereocenters. The van der Waals surface area contributed by atoms with Crippen molar-refractivity contribution in [3.05, 3.63) is 13.3 Å². The molecule has 0 aromatic carbocycles. The SMILES string of the molecule is C[CH-]CCCCC.[CH2-]COCCCl.[U+2]. The zero-order chi connectivity index (χ0) is 10.4. The number of hydrogen-bond acceptors (Lipinski definition) is 1. The molecule has 1 nitrogen and oxygen atoms in total. The van der Waals surface area contributed by atoms with Crippen molar-refractivity contribution < 1.29 is 35.9 Å². The van der Waals surface area contributed by atoms with Crippen LogP contribution in [0.15, 0.2) is 0 Å². The molecule has 0 atom stereocenters. The van der Waals surface area contributed by atoms with E-state index in [2.05, 4.69) is 27.2 Å². The molecule has 0 rings (SSSR count). The number of alkyl halides is 1. The normalized spacial score (nSPS) is 8.57. The van der Waals surface area contributed by atoms with Gasteiger partial charge in [0, 0.05) is 5.88 Å². The Hall–Kier alpha value is 1.30. The number of unbranched alkanes of at least 4 members (excludes halogenated alkanes) is 4. The summed E-state index contributed by atoms with van der Waals surface area (Å²) < 4.78 is 4.74. The zero-order valence-electron chi connectivity index (χ0n) is 9.52. The number of halogens is 1. The van der Waals surface area contributed by atoms with Crippen LogP contribution in [0.1, 0.15) is 39.5 Å². The molecule has 0 N–H and O–H groups in total. The molecule has 84 valence electrons. The van der Waals surface area contributed by atoms with Crippen molar-refractivity contribution in [2.75, 3.05) is 19.1 Å². The van der Waals surface area contributed by atoms with Crippen LogP contribution in [0.2, 0.25) is 0 Å². The molecule has 0 saturated carbocycles. The van der Waals surface area contributed by atoms with E-state index in [1.807, 2.05) is 0 Å². The maximum atomic E-state index is 5.23. The third kappa shape index (κ3) is 29.2. The van der Waals surface area contributed by atoms with Crippen molar-refractivity contribution in [1.29, 1.82) is 0 Å². The summed E-state index contributed by atoms with van der Waals surface area (Å²) in [6.07, 6.45) is 7.65. The summed E-state index contributed by atoms with van der Waals surface area (Å²) in [6, 6.07) is 0. The van der Waals surface area contributed by atoms with E-state index in [9.17, 15) is 0 Å². The average molecular weight is 445 g/mol. The van der Waals surface area contributed by atoms with Crippen LogP contribution in [-0.4, -0.2) is 19.1 Å². The van der Waals surface area contributed by atoms with Gasteiger partial charge in [0.15, 0.2) is 0 Å². The van der Waals surface area contributed by atoms with Gasteiger partial charge in [-0.25, -0.2) is 0 Å². The van der Waals surface area contributed by atoms with Gasteiger partial charge in [0.2, 0.25) is 0 Å². The van der Waals surface area contributed by atoms with Crippen LogP contribution in [-0.2, 0) is 4.74 Å². The van der Waals surface area contributed by atoms with Crippen LogP contribution >= 0.6 is 11.6 Å². The van der Waals surface area contributed by atoms with E-state index >= 15 is 0 Å². The van der Waals surface area contributed by atoms with E-state index in [4.69, 9.17) is 16.3 Å². The first-order chi connectivity index (χ1) is 6.33. The van der Waals surface area contributed by atoms with Crippen LogP contribution in [0.4, 0.5) is 0 Å². The summed E-state index contributed by atoms with van der Waals surface area (Å²) in [5.41, 5.74) is 0. The van der Waals surface area contributed by atoms with Crippen molar-refractivity contribution >= 4 is 11.6 Å². The summed E-state index contributed by atoms with van der Waals surface area (Å²) in [7, 11) is 0. The standard InChI is InChI=1S/C7H15.C4H8ClO.U/c1-3-5-7-6-4-2;1-2-6-4-3-5;/h3H,4-7H2,1-2H3;1-4H2;/q2*-1;+2. The van der Waals surface area contributed by atoms with Crippen LogP contribution < -0.4 is 0 Å². The van der Waals surface area contributed by atoms with Crippen molar-refractivity contribution in [1.82, 2.24) is 0 Å². The van der Waals surface area contributed by atoms with E-state index in [1.54, 1.807) is 0 Å². The second-order valence-electron chi connectivity index (χ2n) is 2.71. The maximum Gasteiger partial charge on any atom is 2.00 e. The number of ether oxygens (including phenoxy) is 1. The van der Waals surface area contributed by atoms with Gasteiger partial charge >= 0.3 is 31.1 Å². The molecule has 0 aliphatic heterocycles. The maximum absolute atomic E-state index is 5.23. The van der Waals surface area contributed by atoms with Crippen molar-refractivity contribution in [3.63, 3.8) is 0 Å². The minimum Gasteiger partial charge on any atom is -0.412 e. The Morgan fingerprint density at radius 1 is 1.36 bits per heavy atom. The molecule has 14 heavy (non-hydrogen) atoms. The van der Waals surface area contributed by atoms with Crippen LogP contribution in [0, 0.1) is 44.5 Å². The minimum atomic E-state index is 0. The molecule has 0 radical (unpaired) electrons. The fraction of sp³-hybridized carbons (Fsp3) is 0.818. The van der Waals surface area contributed by atoms with Gasteiger partial charge in [-0.05, 0) is 0 Å². The fourth-order valence-electron chi connectivity index (χ4n) is 0.755. The number of hydrogen-bond donors (Lipinski definition) is 0. The average Bonchev–Trinajstić information content (AvgIpc) is 2.17. The summed E-state index contributed by atoms with van der Waals surface area (Å²) in [6.45, 7) is 8.93. The van der Waals surface area contributed by atoms with E-state index in [0.29, 0.717) is 19.1 Å². The third-order valence-corrected chi connectivity index (χ3v) is 1.62. The molecule has 0 aliphatic carbocycles. The summed E-state index contributed by atoms with van der Waals surface area (Å²) in [4.78, 5) is 0. The molecular formula is C11H23ClOU. The Kier molecular flexibility index (Phi) is 35.2. The van der Waals surface area contributed by atoms with E-state index < -0.39 is 0 Å². The molecule has 0 spiro atoms. The Labute approximate surface area is 119 Å². The predicted octanol–water partition coefficient (Wildman–Crippen LogP) is 3.87. The fourth-order valence-corrected chi connectivity index (χ4v) is 0.864. The van der Waals surface area contributed by atoms with Crippen LogP contribution in [0.5, 0.6) is 0 Å². The molecule has 0 aliphatic rings. The van der Waals surface area contributed by atoms with E-state index in [0.717, 1.165) is 0 Å². The predicted molar refractivity (Wildman–Crippen MR) is 61.0 cm³/mol. The smallest absolute Gasteiger partial charge is 0.412 e. The first-order valence-corrected chi connectivity index (χ1v) is 5.57. The molecule has 0 amide bonds. The van der Waals surface area contributed by atoms with Gasteiger partial charge in [0.25, 0.3) is 0 Å². The molecule has 3 heteroatoms. The minimum absolute atomic E-state index is 0. The van der Waals surface area contributed by atoms with E-state index in [-0.39, 0.29) is 31.1 Å². The quantitative estimate of drug-likeness (QED) is 0.329. The van der Waals surface area contributed by atoms with Crippen LogP contribution in [0.25, 0.3) is 0 Å². The Morgan fingerprint density at radius 3 is 2.29 bits per heavy atom. The molecule has 0 aromatic heterocycles. The summed E-state index contributed by atoms with van der Waals surface area (Å²) in [5.74, 6) is 0.565. The van der Waals surface area contributed by atoms with Gasteiger partial charge in [0.05, 0.1) is 6.61 Å². The van der Waals surface area contributed by atoms with Gasteiger partial charge < -0.3 is 18.1 Å². The molecular weight excluding hydrogens is 422 g/mol. The Balaban J connectivity index is -0.000000163. The molecule has 0 aromatic rings. The first-order valence-electron chi connectivity index (χ1n) is 5.04. The largest absolute Gasteiger partial charge is 2.00 e. The van der Waals surface area contributed by atoms with Crippen LogP contribution in [0.3, 0.4) is 0 Å². The van der Waals surface area contributed by atoms with E-state index in [1.165, 1.54) is 25.7 Å². The second-order valence-corrected chi connectivity index (χ2v) is 3.08. The molecule has 0 bridgehead atoms. The Morgan fingerprint density at radius 2 is 2.00 bits per heavy atom. The molecule has 0 saturated heterocycles. The first kappa shape index (κ1) is 20.7. The monoisotopic (exact) mass is 444 g/mol. The second kappa shape index (κ2) is 23.8. The Bertz CT molecular complexity index is 64.3. The van der Waals surface area contributed by atoms with Gasteiger partial charge in [0.1, 0.15) is 0 Å². The van der Waals surface area contributed by atoms with Crippen molar-refractivity contribution in [2.45, 2.75) is 39.5 Å². The van der Waals surface area contributed by atoms with Gasteiger partial charge in [-0.2, -0.15) is 13.3 Å². The zero-order valence-corrected chi connectivity index (χ0v) is 14.4. The summed E-state index contributed by atoms with van der Waals surface area (Å²) >= 11 is 5.23. The third-order valence-electron chi connectivity index (χ3n) is 1.46. The summed E-state index contributed by atoms with van der Waals surface area (Å²) in [5, 5.41) is 0. The molecule has 0 heterocycles. The van der Waals surface area contributed by atoms with Gasteiger partial charge in [-0.15, -0.1) is 11.6 Å². The van der Waals surface area contributed by atoms with Crippen molar-refractivity contribution in [2.24, 2.45) is 0 Å². The van der Waals surface area contributed by atoms with Crippen molar-refractivity contribution in [3.8, 4) is 0 Å². The number of rotatable bonds is 7. The topological polar surface area (TPSA) is 9.23 Å². The van der Waals surface area contributed by atoms with Gasteiger partial charge in [-0.3, -0.25) is 0 Å². The molecule has 0 fully saturated rings.